The number of aromatic nitrogens is 1. The SMILES string of the molecule is CCN(CC)CCn1c2c(c3ccccc31)CC(C)(C)CC2. The predicted molar refractivity (Wildman–Crippen MR) is 95.5 cm³/mol. The van der Waals surface area contributed by atoms with Crippen molar-refractivity contribution in [1.29, 1.82) is 0 Å². The molecular formula is C20H30N2. The van der Waals surface area contributed by atoms with Crippen LogP contribution in [0.1, 0.15) is 45.4 Å². The molecule has 1 aliphatic rings. The highest BCUT2D eigenvalue weighted by molar-refractivity contribution is 5.86. The lowest BCUT2D eigenvalue weighted by Gasteiger charge is -2.31. The van der Waals surface area contributed by atoms with Gasteiger partial charge in [-0.2, -0.15) is 0 Å². The fourth-order valence-corrected chi connectivity index (χ4v) is 3.97. The number of benzene rings is 1. The molecule has 1 heterocycles. The van der Waals surface area contributed by atoms with E-state index in [0.717, 1.165) is 26.2 Å². The second-order valence-electron chi connectivity index (χ2n) is 7.46. The summed E-state index contributed by atoms with van der Waals surface area (Å²) in [5.41, 5.74) is 5.11. The van der Waals surface area contributed by atoms with E-state index in [0.29, 0.717) is 5.41 Å². The summed E-state index contributed by atoms with van der Waals surface area (Å²) in [4.78, 5) is 2.52. The van der Waals surface area contributed by atoms with E-state index >= 15 is 0 Å². The maximum absolute atomic E-state index is 2.61. The van der Waals surface area contributed by atoms with E-state index in [9.17, 15) is 0 Å². The molecule has 0 atom stereocenters. The molecule has 0 fully saturated rings. The normalized spacial score (nSPS) is 17.1. The first-order chi connectivity index (χ1) is 10.6. The summed E-state index contributed by atoms with van der Waals surface area (Å²) in [6.07, 6.45) is 3.76. The Kier molecular flexibility index (Phi) is 4.31. The summed E-state index contributed by atoms with van der Waals surface area (Å²) >= 11 is 0. The molecule has 0 unspecified atom stereocenters. The van der Waals surface area contributed by atoms with Crippen LogP contribution in [-0.2, 0) is 19.4 Å². The minimum atomic E-state index is 0.445. The number of hydrogen-bond acceptors (Lipinski definition) is 1. The van der Waals surface area contributed by atoms with E-state index in [-0.39, 0.29) is 0 Å². The zero-order valence-corrected chi connectivity index (χ0v) is 14.7. The average Bonchev–Trinajstić information content (AvgIpc) is 2.81. The maximum Gasteiger partial charge on any atom is 0.0485 e. The number of rotatable bonds is 5. The Morgan fingerprint density at radius 2 is 1.86 bits per heavy atom. The first-order valence-electron chi connectivity index (χ1n) is 8.87. The molecule has 22 heavy (non-hydrogen) atoms. The summed E-state index contributed by atoms with van der Waals surface area (Å²) in [6, 6.07) is 9.01. The van der Waals surface area contributed by atoms with Crippen LogP contribution in [0.5, 0.6) is 0 Å². The monoisotopic (exact) mass is 298 g/mol. The average molecular weight is 298 g/mol. The van der Waals surface area contributed by atoms with E-state index in [4.69, 9.17) is 0 Å². The van der Waals surface area contributed by atoms with Crippen LogP contribution in [0.25, 0.3) is 10.9 Å². The van der Waals surface area contributed by atoms with Crippen molar-refractivity contribution in [3.05, 3.63) is 35.5 Å². The Morgan fingerprint density at radius 3 is 2.59 bits per heavy atom. The molecular weight excluding hydrogens is 268 g/mol. The Labute approximate surface area is 135 Å². The molecule has 2 nitrogen and oxygen atoms in total. The molecule has 0 saturated heterocycles. The van der Waals surface area contributed by atoms with Gasteiger partial charge in [-0.15, -0.1) is 0 Å². The van der Waals surface area contributed by atoms with Crippen molar-refractivity contribution < 1.29 is 0 Å². The molecule has 1 aliphatic carbocycles. The molecule has 2 heteroatoms. The van der Waals surface area contributed by atoms with Crippen LogP contribution in [0.3, 0.4) is 0 Å². The van der Waals surface area contributed by atoms with E-state index in [1.165, 1.54) is 30.2 Å². The van der Waals surface area contributed by atoms with Crippen LogP contribution in [0, 0.1) is 5.41 Å². The van der Waals surface area contributed by atoms with Gasteiger partial charge in [-0.1, -0.05) is 45.9 Å². The maximum atomic E-state index is 2.61. The van der Waals surface area contributed by atoms with Crippen LogP contribution in [0.15, 0.2) is 24.3 Å². The molecule has 1 aromatic carbocycles. The fourth-order valence-electron chi connectivity index (χ4n) is 3.97. The molecule has 1 aromatic heterocycles. The lowest BCUT2D eigenvalue weighted by atomic mass is 9.76. The van der Waals surface area contributed by atoms with Crippen LogP contribution < -0.4 is 0 Å². The third-order valence-corrected chi connectivity index (χ3v) is 5.42. The minimum absolute atomic E-state index is 0.445. The fraction of sp³-hybridized carbons (Fsp3) is 0.600. The summed E-state index contributed by atoms with van der Waals surface area (Å²) in [7, 11) is 0. The summed E-state index contributed by atoms with van der Waals surface area (Å²) in [5.74, 6) is 0. The highest BCUT2D eigenvalue weighted by Gasteiger charge is 2.29. The smallest absolute Gasteiger partial charge is 0.0485 e. The van der Waals surface area contributed by atoms with Crippen molar-refractivity contribution in [1.82, 2.24) is 9.47 Å². The van der Waals surface area contributed by atoms with Crippen molar-refractivity contribution in [3.63, 3.8) is 0 Å². The minimum Gasteiger partial charge on any atom is -0.343 e. The van der Waals surface area contributed by atoms with Crippen molar-refractivity contribution in [3.8, 4) is 0 Å². The summed E-state index contributed by atoms with van der Waals surface area (Å²) in [5, 5.41) is 1.49. The van der Waals surface area contributed by atoms with Crippen molar-refractivity contribution in [2.45, 2.75) is 53.5 Å². The second-order valence-corrected chi connectivity index (χ2v) is 7.46. The van der Waals surface area contributed by atoms with E-state index in [2.05, 4.69) is 61.4 Å². The van der Waals surface area contributed by atoms with Crippen molar-refractivity contribution in [2.24, 2.45) is 5.41 Å². The van der Waals surface area contributed by atoms with Gasteiger partial charge in [-0.3, -0.25) is 0 Å². The number of likely N-dealkylation sites (N-methyl/N-ethyl adjacent to an activating group) is 1. The molecule has 2 aromatic rings. The highest BCUT2D eigenvalue weighted by Crippen LogP contribution is 2.39. The first-order valence-corrected chi connectivity index (χ1v) is 8.87. The van der Waals surface area contributed by atoms with Gasteiger partial charge in [-0.05, 0) is 49.4 Å². The van der Waals surface area contributed by atoms with Gasteiger partial charge in [0.25, 0.3) is 0 Å². The molecule has 0 N–H and O–H groups in total. The first kappa shape index (κ1) is 15.6. The van der Waals surface area contributed by atoms with Gasteiger partial charge in [0, 0.05) is 29.7 Å². The molecule has 0 amide bonds. The van der Waals surface area contributed by atoms with Crippen LogP contribution in [0.2, 0.25) is 0 Å². The number of hydrogen-bond donors (Lipinski definition) is 0. The molecule has 0 radical (unpaired) electrons. The Morgan fingerprint density at radius 1 is 1.14 bits per heavy atom. The number of nitrogens with zero attached hydrogens (tertiary/aromatic N) is 2. The number of para-hydroxylation sites is 1. The lowest BCUT2D eigenvalue weighted by Crippen LogP contribution is -2.28. The Bertz CT molecular complexity index is 647. The third-order valence-electron chi connectivity index (χ3n) is 5.42. The Hall–Kier alpha value is -1.28. The summed E-state index contributed by atoms with van der Waals surface area (Å²) < 4.78 is 2.61. The predicted octanol–water partition coefficient (Wildman–Crippen LogP) is 4.50. The molecule has 120 valence electrons. The second kappa shape index (κ2) is 6.08. The topological polar surface area (TPSA) is 8.17 Å². The van der Waals surface area contributed by atoms with Gasteiger partial charge in [0.05, 0.1) is 0 Å². The van der Waals surface area contributed by atoms with Gasteiger partial charge in [0.15, 0.2) is 0 Å². The molecule has 0 aliphatic heterocycles. The van der Waals surface area contributed by atoms with Crippen molar-refractivity contribution >= 4 is 10.9 Å². The highest BCUT2D eigenvalue weighted by atomic mass is 15.1. The van der Waals surface area contributed by atoms with Gasteiger partial charge in [0.2, 0.25) is 0 Å². The standard InChI is InChI=1S/C20H30N2/c1-5-21(6-2)13-14-22-18-10-8-7-9-16(18)17-15-20(3,4)12-11-19(17)22/h7-10H,5-6,11-15H2,1-4H3. The quantitative estimate of drug-likeness (QED) is 0.789. The zero-order chi connectivity index (χ0) is 15.7. The van der Waals surface area contributed by atoms with Crippen molar-refractivity contribution in [2.75, 3.05) is 19.6 Å². The van der Waals surface area contributed by atoms with E-state index in [1.807, 2.05) is 0 Å². The van der Waals surface area contributed by atoms with E-state index in [1.54, 1.807) is 11.3 Å². The van der Waals surface area contributed by atoms with Crippen LogP contribution >= 0.6 is 0 Å². The summed E-state index contributed by atoms with van der Waals surface area (Å²) in [6.45, 7) is 13.9. The van der Waals surface area contributed by atoms with Gasteiger partial charge < -0.3 is 9.47 Å². The Balaban J connectivity index is 1.99. The molecule has 0 bridgehead atoms. The largest absolute Gasteiger partial charge is 0.343 e. The van der Waals surface area contributed by atoms with Gasteiger partial charge in [-0.25, -0.2) is 0 Å². The molecule has 3 rings (SSSR count). The van der Waals surface area contributed by atoms with Crippen LogP contribution in [0.4, 0.5) is 0 Å². The number of fused-ring (bicyclic) bond motifs is 3. The zero-order valence-electron chi connectivity index (χ0n) is 14.7. The van der Waals surface area contributed by atoms with E-state index < -0.39 is 0 Å². The third kappa shape index (κ3) is 2.81. The van der Waals surface area contributed by atoms with Crippen LogP contribution in [-0.4, -0.2) is 29.1 Å². The van der Waals surface area contributed by atoms with Gasteiger partial charge in [0.1, 0.15) is 0 Å². The lowest BCUT2D eigenvalue weighted by molar-refractivity contribution is 0.284. The van der Waals surface area contributed by atoms with Gasteiger partial charge >= 0.3 is 0 Å². The molecule has 0 spiro atoms. The molecule has 0 saturated carbocycles.